The molecular weight excluding hydrogens is 368 g/mol. The van der Waals surface area contributed by atoms with Crippen LogP contribution < -0.4 is 19.7 Å². The van der Waals surface area contributed by atoms with E-state index in [9.17, 15) is 9.59 Å². The minimum atomic E-state index is -0.343. The molecule has 2 aromatic rings. The van der Waals surface area contributed by atoms with Crippen LogP contribution in [-0.4, -0.2) is 31.6 Å². The van der Waals surface area contributed by atoms with E-state index in [1.165, 1.54) is 11.1 Å². The number of rotatable bonds is 3. The molecule has 1 aliphatic carbocycles. The van der Waals surface area contributed by atoms with Crippen molar-refractivity contribution in [3.05, 3.63) is 53.6 Å². The fourth-order valence-corrected chi connectivity index (χ4v) is 4.53. The topological polar surface area (TPSA) is 67.9 Å². The standard InChI is InChI=1S/C23H24N2O4/c26-22-12-16(14-25(22)17-8-9-20-21(13-17)29-11-10-28-20)23(27)24-19-7-3-5-15-4-1-2-6-18(15)19/h1-2,4,6,8-9,13,16,19H,3,5,7,10-12,14H2,(H,24,27)/t16-,19+/m1/s1. The number of aryl methyl sites for hydroxylation is 1. The van der Waals surface area contributed by atoms with Crippen LogP contribution in [0.1, 0.15) is 36.4 Å². The van der Waals surface area contributed by atoms with Crippen molar-refractivity contribution in [3.63, 3.8) is 0 Å². The maximum atomic E-state index is 12.9. The second-order valence-electron chi connectivity index (χ2n) is 7.89. The number of nitrogens with zero attached hydrogens (tertiary/aromatic N) is 1. The lowest BCUT2D eigenvalue weighted by atomic mass is 9.87. The maximum absolute atomic E-state index is 12.9. The van der Waals surface area contributed by atoms with Crippen LogP contribution in [0.5, 0.6) is 11.5 Å². The van der Waals surface area contributed by atoms with Crippen LogP contribution in [0.15, 0.2) is 42.5 Å². The predicted octanol–water partition coefficient (Wildman–Crippen LogP) is 3.00. The van der Waals surface area contributed by atoms with Gasteiger partial charge in [0.05, 0.1) is 12.0 Å². The van der Waals surface area contributed by atoms with Gasteiger partial charge in [-0.2, -0.15) is 0 Å². The Morgan fingerprint density at radius 1 is 1.07 bits per heavy atom. The molecule has 0 radical (unpaired) electrons. The first-order valence-electron chi connectivity index (χ1n) is 10.3. The van der Waals surface area contributed by atoms with E-state index >= 15 is 0 Å². The van der Waals surface area contributed by atoms with Crippen LogP contribution >= 0.6 is 0 Å². The molecular formula is C23H24N2O4. The SMILES string of the molecule is O=C(N[C@H]1CCCc2ccccc21)[C@@H]1CC(=O)N(c2ccc3c(c2)OCCO3)C1. The van der Waals surface area contributed by atoms with Crippen LogP contribution in [0.2, 0.25) is 0 Å². The number of benzene rings is 2. The third kappa shape index (κ3) is 3.43. The monoisotopic (exact) mass is 392 g/mol. The second-order valence-corrected chi connectivity index (χ2v) is 7.89. The van der Waals surface area contributed by atoms with E-state index in [4.69, 9.17) is 9.47 Å². The van der Waals surface area contributed by atoms with E-state index in [0.29, 0.717) is 31.3 Å². The van der Waals surface area contributed by atoms with Crippen LogP contribution in [0.3, 0.4) is 0 Å². The van der Waals surface area contributed by atoms with Crippen molar-refractivity contribution < 1.29 is 19.1 Å². The Balaban J connectivity index is 1.29. The number of carbonyl (C=O) groups excluding carboxylic acids is 2. The molecule has 0 spiro atoms. The van der Waals surface area contributed by atoms with Crippen molar-refractivity contribution in [2.45, 2.75) is 31.7 Å². The highest BCUT2D eigenvalue weighted by atomic mass is 16.6. The second kappa shape index (κ2) is 7.43. The van der Waals surface area contributed by atoms with Crippen molar-refractivity contribution in [1.29, 1.82) is 0 Å². The Morgan fingerprint density at radius 2 is 1.90 bits per heavy atom. The summed E-state index contributed by atoms with van der Waals surface area (Å²) in [7, 11) is 0. The summed E-state index contributed by atoms with van der Waals surface area (Å²) >= 11 is 0. The summed E-state index contributed by atoms with van der Waals surface area (Å²) in [4.78, 5) is 27.2. The lowest BCUT2D eigenvalue weighted by Gasteiger charge is -2.27. The number of hydrogen-bond acceptors (Lipinski definition) is 4. The first-order valence-corrected chi connectivity index (χ1v) is 10.3. The van der Waals surface area contributed by atoms with Crippen LogP contribution in [-0.2, 0) is 16.0 Å². The van der Waals surface area contributed by atoms with Crippen LogP contribution in [0, 0.1) is 5.92 Å². The smallest absolute Gasteiger partial charge is 0.227 e. The van der Waals surface area contributed by atoms with E-state index < -0.39 is 0 Å². The maximum Gasteiger partial charge on any atom is 0.227 e. The average Bonchev–Trinajstić information content (AvgIpc) is 3.15. The molecule has 6 nitrogen and oxygen atoms in total. The summed E-state index contributed by atoms with van der Waals surface area (Å²) in [6, 6.07) is 13.8. The van der Waals surface area contributed by atoms with Gasteiger partial charge >= 0.3 is 0 Å². The zero-order chi connectivity index (χ0) is 19.8. The van der Waals surface area contributed by atoms with Gasteiger partial charge in [-0.25, -0.2) is 0 Å². The molecule has 2 aliphatic heterocycles. The van der Waals surface area contributed by atoms with Gasteiger partial charge in [0, 0.05) is 24.7 Å². The molecule has 0 bridgehead atoms. The summed E-state index contributed by atoms with van der Waals surface area (Å²) < 4.78 is 11.2. The highest BCUT2D eigenvalue weighted by molar-refractivity contribution is 6.00. The third-order valence-electron chi connectivity index (χ3n) is 6.02. The van der Waals surface area contributed by atoms with Gasteiger partial charge in [-0.15, -0.1) is 0 Å². The summed E-state index contributed by atoms with van der Waals surface area (Å²) in [5.74, 6) is 0.918. The van der Waals surface area contributed by atoms with Crippen molar-refractivity contribution in [2.75, 3.05) is 24.7 Å². The fraction of sp³-hybridized carbons (Fsp3) is 0.391. The zero-order valence-electron chi connectivity index (χ0n) is 16.2. The minimum Gasteiger partial charge on any atom is -0.486 e. The van der Waals surface area contributed by atoms with Gasteiger partial charge < -0.3 is 19.7 Å². The molecule has 29 heavy (non-hydrogen) atoms. The highest BCUT2D eigenvalue weighted by Crippen LogP contribution is 2.36. The normalized spacial score (nSPS) is 22.9. The van der Waals surface area contributed by atoms with E-state index in [0.717, 1.165) is 24.9 Å². The first-order chi connectivity index (χ1) is 14.2. The van der Waals surface area contributed by atoms with Gasteiger partial charge in [-0.3, -0.25) is 9.59 Å². The zero-order valence-corrected chi connectivity index (χ0v) is 16.2. The summed E-state index contributed by atoms with van der Waals surface area (Å²) in [6.07, 6.45) is 3.29. The fourth-order valence-electron chi connectivity index (χ4n) is 4.53. The molecule has 1 fully saturated rings. The lowest BCUT2D eigenvalue weighted by Crippen LogP contribution is -2.36. The van der Waals surface area contributed by atoms with E-state index in [1.54, 1.807) is 4.90 Å². The van der Waals surface area contributed by atoms with Crippen LogP contribution in [0.4, 0.5) is 5.69 Å². The van der Waals surface area contributed by atoms with E-state index in [-0.39, 0.29) is 30.2 Å². The molecule has 3 aliphatic rings. The molecule has 2 heterocycles. The predicted molar refractivity (Wildman–Crippen MR) is 108 cm³/mol. The van der Waals surface area contributed by atoms with E-state index in [1.807, 2.05) is 30.3 Å². The van der Waals surface area contributed by atoms with Gasteiger partial charge in [0.1, 0.15) is 13.2 Å². The molecule has 1 saturated heterocycles. The van der Waals surface area contributed by atoms with Crippen molar-refractivity contribution >= 4 is 17.5 Å². The Hall–Kier alpha value is -3.02. The van der Waals surface area contributed by atoms with Crippen molar-refractivity contribution in [2.24, 2.45) is 5.92 Å². The molecule has 0 aromatic heterocycles. The number of nitrogens with one attached hydrogen (secondary N) is 1. The van der Waals surface area contributed by atoms with Crippen LogP contribution in [0.25, 0.3) is 0 Å². The number of anilines is 1. The molecule has 2 aromatic carbocycles. The number of hydrogen-bond donors (Lipinski definition) is 1. The highest BCUT2D eigenvalue weighted by Gasteiger charge is 2.36. The van der Waals surface area contributed by atoms with E-state index in [2.05, 4.69) is 17.4 Å². The molecule has 5 rings (SSSR count). The molecule has 0 saturated carbocycles. The number of carbonyl (C=O) groups is 2. The Labute approximate surface area is 169 Å². The first kappa shape index (κ1) is 18.0. The molecule has 6 heteroatoms. The summed E-state index contributed by atoms with van der Waals surface area (Å²) in [5, 5.41) is 3.20. The van der Waals surface area contributed by atoms with Crippen molar-refractivity contribution in [1.82, 2.24) is 5.32 Å². The molecule has 2 amide bonds. The molecule has 2 atom stereocenters. The van der Waals surface area contributed by atoms with Crippen molar-refractivity contribution in [3.8, 4) is 11.5 Å². The molecule has 0 unspecified atom stereocenters. The van der Waals surface area contributed by atoms with Gasteiger partial charge in [0.25, 0.3) is 0 Å². The molecule has 150 valence electrons. The van der Waals surface area contributed by atoms with Gasteiger partial charge in [0.2, 0.25) is 11.8 Å². The number of ether oxygens (including phenoxy) is 2. The minimum absolute atomic E-state index is 0.0332. The summed E-state index contributed by atoms with van der Waals surface area (Å²) in [6.45, 7) is 1.42. The summed E-state index contributed by atoms with van der Waals surface area (Å²) in [5.41, 5.74) is 3.27. The molecule has 1 N–H and O–H groups in total. The Kier molecular flexibility index (Phi) is 4.62. The number of fused-ring (bicyclic) bond motifs is 2. The van der Waals surface area contributed by atoms with Gasteiger partial charge in [0.15, 0.2) is 11.5 Å². The van der Waals surface area contributed by atoms with Gasteiger partial charge in [-0.05, 0) is 42.5 Å². The Bertz CT molecular complexity index is 958. The van der Waals surface area contributed by atoms with Gasteiger partial charge in [-0.1, -0.05) is 24.3 Å². The Morgan fingerprint density at radius 3 is 2.79 bits per heavy atom. The quantitative estimate of drug-likeness (QED) is 0.872. The average molecular weight is 392 g/mol. The lowest BCUT2D eigenvalue weighted by molar-refractivity contribution is -0.127. The largest absolute Gasteiger partial charge is 0.486 e. The third-order valence-corrected chi connectivity index (χ3v) is 6.02. The number of amides is 2.